The summed E-state index contributed by atoms with van der Waals surface area (Å²) in [5.74, 6) is 1.05. The van der Waals surface area contributed by atoms with E-state index in [0.717, 1.165) is 18.9 Å². The van der Waals surface area contributed by atoms with E-state index in [1.54, 1.807) is 0 Å². The summed E-state index contributed by atoms with van der Waals surface area (Å²) in [7, 11) is 0. The quantitative estimate of drug-likeness (QED) is 0.859. The summed E-state index contributed by atoms with van der Waals surface area (Å²) in [6.45, 7) is 7.96. The molecule has 1 atom stereocenters. The van der Waals surface area contributed by atoms with Crippen LogP contribution >= 0.6 is 0 Å². The third-order valence-electron chi connectivity index (χ3n) is 3.77. The Kier molecular flexibility index (Phi) is 3.75. The third-order valence-corrected chi connectivity index (χ3v) is 3.77. The summed E-state index contributed by atoms with van der Waals surface area (Å²) in [6, 6.07) is 0.626. The van der Waals surface area contributed by atoms with Crippen molar-refractivity contribution in [2.45, 2.75) is 58.9 Å². The topological polar surface area (TPSA) is 29.9 Å². The van der Waals surface area contributed by atoms with Crippen molar-refractivity contribution in [2.24, 2.45) is 5.41 Å². The molecule has 0 saturated heterocycles. The average molecular weight is 235 g/mol. The number of anilines is 1. The molecule has 0 aliphatic heterocycles. The minimum absolute atomic E-state index is 0.481. The van der Waals surface area contributed by atoms with Crippen LogP contribution in [-0.4, -0.2) is 16.1 Å². The van der Waals surface area contributed by atoms with Crippen molar-refractivity contribution in [1.82, 2.24) is 9.55 Å². The maximum absolute atomic E-state index is 4.43. The van der Waals surface area contributed by atoms with Crippen LogP contribution in [0.1, 0.15) is 58.9 Å². The number of imidazole rings is 1. The Morgan fingerprint density at radius 1 is 1.53 bits per heavy atom. The summed E-state index contributed by atoms with van der Waals surface area (Å²) < 4.78 is 2.34. The van der Waals surface area contributed by atoms with Gasteiger partial charge in [-0.1, -0.05) is 27.2 Å². The van der Waals surface area contributed by atoms with Crippen LogP contribution in [0.2, 0.25) is 0 Å². The molecule has 0 spiro atoms. The van der Waals surface area contributed by atoms with Gasteiger partial charge in [0.05, 0.1) is 0 Å². The van der Waals surface area contributed by atoms with Crippen LogP contribution in [0, 0.1) is 5.41 Å². The number of rotatable bonds is 4. The lowest BCUT2D eigenvalue weighted by molar-refractivity contribution is 0.184. The van der Waals surface area contributed by atoms with E-state index in [9.17, 15) is 0 Å². The van der Waals surface area contributed by atoms with Crippen LogP contribution in [0.4, 0.5) is 5.95 Å². The largest absolute Gasteiger partial charge is 0.356 e. The lowest BCUT2D eigenvalue weighted by Crippen LogP contribution is -2.25. The van der Waals surface area contributed by atoms with Crippen LogP contribution in [0.5, 0.6) is 0 Å². The fraction of sp³-hybridized carbons (Fsp3) is 0.786. The van der Waals surface area contributed by atoms with Gasteiger partial charge in [-0.3, -0.25) is 0 Å². The van der Waals surface area contributed by atoms with E-state index in [0.29, 0.717) is 11.5 Å². The molecular weight excluding hydrogens is 210 g/mol. The normalized spacial score (nSPS) is 23.6. The Morgan fingerprint density at radius 2 is 2.35 bits per heavy atom. The molecule has 1 aromatic rings. The highest BCUT2D eigenvalue weighted by molar-refractivity contribution is 5.26. The zero-order valence-corrected chi connectivity index (χ0v) is 11.4. The molecule has 3 heteroatoms. The van der Waals surface area contributed by atoms with Gasteiger partial charge in [0, 0.05) is 25.0 Å². The Labute approximate surface area is 105 Å². The van der Waals surface area contributed by atoms with E-state index < -0.39 is 0 Å². The summed E-state index contributed by atoms with van der Waals surface area (Å²) in [5.41, 5.74) is 0.481. The number of aromatic nitrogens is 2. The Bertz CT molecular complexity index is 354. The van der Waals surface area contributed by atoms with E-state index in [1.165, 1.54) is 25.7 Å². The molecular formula is C14H25N3. The molecule has 0 aromatic carbocycles. The van der Waals surface area contributed by atoms with E-state index >= 15 is 0 Å². The van der Waals surface area contributed by atoms with Crippen molar-refractivity contribution < 1.29 is 0 Å². The highest BCUT2D eigenvalue weighted by atomic mass is 15.2. The van der Waals surface area contributed by atoms with Gasteiger partial charge >= 0.3 is 0 Å². The zero-order valence-electron chi connectivity index (χ0n) is 11.4. The van der Waals surface area contributed by atoms with Gasteiger partial charge in [0.1, 0.15) is 0 Å². The first-order chi connectivity index (χ1) is 8.12. The van der Waals surface area contributed by atoms with E-state index in [-0.39, 0.29) is 0 Å². The van der Waals surface area contributed by atoms with Gasteiger partial charge in [0.2, 0.25) is 5.95 Å². The van der Waals surface area contributed by atoms with Crippen molar-refractivity contribution in [3.05, 3.63) is 12.4 Å². The van der Waals surface area contributed by atoms with Crippen molar-refractivity contribution in [3.8, 4) is 0 Å². The fourth-order valence-electron chi connectivity index (χ4n) is 2.88. The van der Waals surface area contributed by atoms with Crippen LogP contribution in [0.3, 0.4) is 0 Å². The minimum Gasteiger partial charge on any atom is -0.356 e. The van der Waals surface area contributed by atoms with Gasteiger partial charge in [-0.15, -0.1) is 0 Å². The Balaban J connectivity index is 2.08. The van der Waals surface area contributed by atoms with Crippen LogP contribution in [0.25, 0.3) is 0 Å². The van der Waals surface area contributed by atoms with Crippen LogP contribution in [-0.2, 0) is 0 Å². The third kappa shape index (κ3) is 3.02. The molecule has 0 radical (unpaired) electrons. The number of nitrogens with zero attached hydrogens (tertiary/aromatic N) is 2. The van der Waals surface area contributed by atoms with Crippen LogP contribution < -0.4 is 5.32 Å². The minimum atomic E-state index is 0.481. The Morgan fingerprint density at radius 3 is 3.06 bits per heavy atom. The molecule has 17 heavy (non-hydrogen) atoms. The predicted molar refractivity (Wildman–Crippen MR) is 72.3 cm³/mol. The maximum Gasteiger partial charge on any atom is 0.203 e. The molecule has 1 saturated carbocycles. The first-order valence-electron chi connectivity index (χ1n) is 6.89. The monoisotopic (exact) mass is 235 g/mol. The molecule has 0 amide bonds. The SMILES string of the molecule is CCCNc1nccn1C1CCCC(C)(C)C1. The molecule has 1 aliphatic rings. The van der Waals surface area contributed by atoms with Gasteiger partial charge < -0.3 is 9.88 Å². The van der Waals surface area contributed by atoms with Gasteiger partial charge in [0.25, 0.3) is 0 Å². The number of hydrogen-bond donors (Lipinski definition) is 1. The summed E-state index contributed by atoms with van der Waals surface area (Å²) >= 11 is 0. The summed E-state index contributed by atoms with van der Waals surface area (Å²) in [4.78, 5) is 4.43. The molecule has 1 aliphatic carbocycles. The fourth-order valence-corrected chi connectivity index (χ4v) is 2.88. The molecule has 1 aromatic heterocycles. The average Bonchev–Trinajstić information content (AvgIpc) is 2.73. The summed E-state index contributed by atoms with van der Waals surface area (Å²) in [6.07, 6.45) is 10.4. The smallest absolute Gasteiger partial charge is 0.203 e. The van der Waals surface area contributed by atoms with Crippen molar-refractivity contribution >= 4 is 5.95 Å². The zero-order chi connectivity index (χ0) is 12.3. The second-order valence-electron chi connectivity index (χ2n) is 6.00. The van der Waals surface area contributed by atoms with Crippen molar-refractivity contribution in [1.29, 1.82) is 0 Å². The van der Waals surface area contributed by atoms with Gasteiger partial charge in [-0.05, 0) is 31.1 Å². The lowest BCUT2D eigenvalue weighted by atomic mass is 9.75. The number of nitrogens with one attached hydrogen (secondary N) is 1. The lowest BCUT2D eigenvalue weighted by Gasteiger charge is -2.36. The molecule has 0 bridgehead atoms. The molecule has 1 heterocycles. The van der Waals surface area contributed by atoms with Crippen LogP contribution in [0.15, 0.2) is 12.4 Å². The van der Waals surface area contributed by atoms with E-state index in [4.69, 9.17) is 0 Å². The second kappa shape index (κ2) is 5.11. The van der Waals surface area contributed by atoms with Crippen molar-refractivity contribution in [2.75, 3.05) is 11.9 Å². The van der Waals surface area contributed by atoms with Gasteiger partial charge in [0.15, 0.2) is 0 Å². The second-order valence-corrected chi connectivity index (χ2v) is 6.00. The predicted octanol–water partition coefficient (Wildman–Crippen LogP) is 3.85. The first kappa shape index (κ1) is 12.5. The van der Waals surface area contributed by atoms with E-state index in [1.807, 2.05) is 6.20 Å². The van der Waals surface area contributed by atoms with Gasteiger partial charge in [-0.2, -0.15) is 0 Å². The molecule has 3 nitrogen and oxygen atoms in total. The van der Waals surface area contributed by atoms with Gasteiger partial charge in [-0.25, -0.2) is 4.98 Å². The number of hydrogen-bond acceptors (Lipinski definition) is 2. The summed E-state index contributed by atoms with van der Waals surface area (Å²) in [5, 5.41) is 3.42. The maximum atomic E-state index is 4.43. The molecule has 1 unspecified atom stereocenters. The van der Waals surface area contributed by atoms with Crippen molar-refractivity contribution in [3.63, 3.8) is 0 Å². The highest BCUT2D eigenvalue weighted by Gasteiger charge is 2.29. The molecule has 1 fully saturated rings. The Hall–Kier alpha value is -0.990. The van der Waals surface area contributed by atoms with E-state index in [2.05, 4.69) is 41.8 Å². The first-order valence-corrected chi connectivity index (χ1v) is 6.89. The molecule has 2 rings (SSSR count). The molecule has 96 valence electrons. The highest BCUT2D eigenvalue weighted by Crippen LogP contribution is 2.41. The standard InChI is InChI=1S/C14H25N3/c1-4-8-15-13-16-9-10-17(13)12-6-5-7-14(2,3)11-12/h9-10,12H,4-8,11H2,1-3H3,(H,15,16). The molecule has 1 N–H and O–H groups in total.